The first-order valence-electron chi connectivity index (χ1n) is 18.8. The summed E-state index contributed by atoms with van der Waals surface area (Å²) in [4.78, 5) is 2.28. The van der Waals surface area contributed by atoms with Gasteiger partial charge in [0.25, 0.3) is 0 Å². The molecule has 0 saturated carbocycles. The standard InChI is InChI=1S/C16H27NO2.C15H25NO2.5C2H6/c1-5-18-12-15-7-6-8-16(11-15)13-19-10-9-17(4)14(2)3;1-4-17-11-14-6-5-7-15(10-14)12-18-9-8-16-13(2)3;5*1-2/h6-8,11,14H,5,9-10,12-13H2,1-4H3;5-7,10,13,16H,4,8-9,11-12H2,1-3H3;5*1-2H3. The molecule has 6 nitrogen and oxygen atoms in total. The van der Waals surface area contributed by atoms with Crippen LogP contribution in [0.1, 0.15) is 133 Å². The van der Waals surface area contributed by atoms with Gasteiger partial charge in [-0.25, -0.2) is 0 Å². The minimum absolute atomic E-state index is 0.517. The van der Waals surface area contributed by atoms with E-state index in [4.69, 9.17) is 18.9 Å². The summed E-state index contributed by atoms with van der Waals surface area (Å²) in [6.45, 7) is 40.3. The highest BCUT2D eigenvalue weighted by atomic mass is 16.5. The first-order chi connectivity index (χ1) is 22.8. The van der Waals surface area contributed by atoms with Crippen molar-refractivity contribution in [1.82, 2.24) is 10.2 Å². The molecule has 6 heteroatoms. The summed E-state index contributed by atoms with van der Waals surface area (Å²) in [7, 11) is 2.12. The lowest BCUT2D eigenvalue weighted by Gasteiger charge is -2.20. The van der Waals surface area contributed by atoms with Crippen LogP contribution in [-0.4, -0.2) is 63.5 Å². The molecule has 0 fully saturated rings. The van der Waals surface area contributed by atoms with Gasteiger partial charge in [-0.1, -0.05) is 132 Å². The molecule has 0 unspecified atom stereocenters. The fourth-order valence-corrected chi connectivity index (χ4v) is 3.32. The van der Waals surface area contributed by atoms with Crippen LogP contribution in [0.4, 0.5) is 0 Å². The van der Waals surface area contributed by atoms with Crippen LogP contribution < -0.4 is 5.32 Å². The molecule has 280 valence electrons. The van der Waals surface area contributed by atoms with E-state index in [1.807, 2.05) is 83.1 Å². The van der Waals surface area contributed by atoms with Crippen molar-refractivity contribution < 1.29 is 18.9 Å². The van der Waals surface area contributed by atoms with Gasteiger partial charge in [0.15, 0.2) is 0 Å². The minimum Gasteiger partial charge on any atom is -0.377 e. The van der Waals surface area contributed by atoms with E-state index in [1.54, 1.807) is 0 Å². The Morgan fingerprint density at radius 2 is 0.894 bits per heavy atom. The summed E-state index contributed by atoms with van der Waals surface area (Å²) in [5, 5.41) is 3.33. The number of hydrogen-bond donors (Lipinski definition) is 1. The molecule has 47 heavy (non-hydrogen) atoms. The first kappa shape index (κ1) is 54.6. The van der Waals surface area contributed by atoms with Gasteiger partial charge in [0, 0.05) is 38.4 Å². The molecule has 0 bridgehead atoms. The lowest BCUT2D eigenvalue weighted by molar-refractivity contribution is 0.0919. The number of likely N-dealkylation sites (N-methyl/N-ethyl adjacent to an activating group) is 1. The second-order valence-electron chi connectivity index (χ2n) is 9.70. The number of nitrogens with zero attached hydrogens (tertiary/aromatic N) is 1. The average molecular weight is 667 g/mol. The van der Waals surface area contributed by atoms with E-state index in [-0.39, 0.29) is 0 Å². The molecular weight excluding hydrogens is 584 g/mol. The van der Waals surface area contributed by atoms with Gasteiger partial charge in [-0.15, -0.1) is 0 Å². The molecule has 0 aliphatic carbocycles. The highest BCUT2D eigenvalue weighted by molar-refractivity contribution is 5.23. The van der Waals surface area contributed by atoms with Crippen LogP contribution in [0.15, 0.2) is 48.5 Å². The zero-order valence-corrected chi connectivity index (χ0v) is 34.4. The van der Waals surface area contributed by atoms with Gasteiger partial charge < -0.3 is 29.2 Å². The van der Waals surface area contributed by atoms with Crippen LogP contribution in [0, 0.1) is 0 Å². The van der Waals surface area contributed by atoms with E-state index in [9.17, 15) is 0 Å². The normalized spacial score (nSPS) is 9.53. The minimum atomic E-state index is 0.517. The smallest absolute Gasteiger partial charge is 0.0717 e. The second-order valence-corrected chi connectivity index (χ2v) is 9.70. The number of hydrogen-bond acceptors (Lipinski definition) is 6. The first-order valence-corrected chi connectivity index (χ1v) is 18.8. The third-order valence-corrected chi connectivity index (χ3v) is 5.73. The van der Waals surface area contributed by atoms with E-state index < -0.39 is 0 Å². The summed E-state index contributed by atoms with van der Waals surface area (Å²) in [5.74, 6) is 0. The van der Waals surface area contributed by atoms with Gasteiger partial charge in [0.2, 0.25) is 0 Å². The molecule has 2 aromatic rings. The molecule has 0 aromatic heterocycles. The molecular formula is C41H82N2O4. The molecule has 2 aromatic carbocycles. The van der Waals surface area contributed by atoms with E-state index in [2.05, 4.69) is 93.5 Å². The van der Waals surface area contributed by atoms with Crippen molar-refractivity contribution in [3.8, 4) is 0 Å². The zero-order valence-electron chi connectivity index (χ0n) is 34.4. The van der Waals surface area contributed by atoms with Crippen molar-refractivity contribution in [1.29, 1.82) is 0 Å². The molecule has 0 saturated heterocycles. The number of rotatable bonds is 18. The maximum Gasteiger partial charge on any atom is 0.0717 e. The van der Waals surface area contributed by atoms with Crippen LogP contribution in [0.25, 0.3) is 0 Å². The molecule has 1 N–H and O–H groups in total. The quantitative estimate of drug-likeness (QED) is 0.160. The van der Waals surface area contributed by atoms with Gasteiger partial charge >= 0.3 is 0 Å². The lowest BCUT2D eigenvalue weighted by Crippen LogP contribution is -2.29. The maximum absolute atomic E-state index is 5.72. The predicted molar refractivity (Wildman–Crippen MR) is 211 cm³/mol. The van der Waals surface area contributed by atoms with Crippen molar-refractivity contribution in [2.45, 2.75) is 149 Å². The van der Waals surface area contributed by atoms with Crippen molar-refractivity contribution >= 4 is 0 Å². The monoisotopic (exact) mass is 667 g/mol. The Balaban J connectivity index is -0.000000197. The Kier molecular flexibility index (Phi) is 53.9. The summed E-state index contributed by atoms with van der Waals surface area (Å²) in [5.41, 5.74) is 4.83. The molecule has 0 radical (unpaired) electrons. The third kappa shape index (κ3) is 38.5. The van der Waals surface area contributed by atoms with E-state index >= 15 is 0 Å². The third-order valence-electron chi connectivity index (χ3n) is 5.73. The SMILES string of the molecule is CC.CC.CC.CC.CC.CCOCc1cccc(COCCN(C)C(C)C)c1.CCOCc1cccc(COCCNC(C)C)c1. The summed E-state index contributed by atoms with van der Waals surface area (Å²) >= 11 is 0. The zero-order chi connectivity index (χ0) is 37.3. The van der Waals surface area contributed by atoms with Crippen LogP contribution in [0.5, 0.6) is 0 Å². The van der Waals surface area contributed by atoms with E-state index in [0.29, 0.717) is 38.5 Å². The highest BCUT2D eigenvalue weighted by Crippen LogP contribution is 2.09. The Morgan fingerprint density at radius 1 is 0.553 bits per heavy atom. The topological polar surface area (TPSA) is 52.2 Å². The maximum atomic E-state index is 5.72. The van der Waals surface area contributed by atoms with Crippen LogP contribution in [0.3, 0.4) is 0 Å². The number of ether oxygens (including phenoxy) is 4. The van der Waals surface area contributed by atoms with E-state index in [0.717, 1.165) is 39.5 Å². The van der Waals surface area contributed by atoms with Crippen LogP contribution in [-0.2, 0) is 45.4 Å². The molecule has 0 spiro atoms. The predicted octanol–water partition coefficient (Wildman–Crippen LogP) is 10.9. The molecule has 2 rings (SSSR count). The fraction of sp³-hybridized carbons (Fsp3) is 0.707. The van der Waals surface area contributed by atoms with Gasteiger partial charge in [-0.3, -0.25) is 0 Å². The lowest BCUT2D eigenvalue weighted by atomic mass is 10.1. The molecule has 0 heterocycles. The summed E-state index contributed by atoms with van der Waals surface area (Å²) < 4.78 is 22.1. The largest absolute Gasteiger partial charge is 0.377 e. The van der Waals surface area contributed by atoms with Crippen LogP contribution in [0.2, 0.25) is 0 Å². The van der Waals surface area contributed by atoms with Gasteiger partial charge in [0.1, 0.15) is 0 Å². The molecule has 0 aliphatic rings. The second kappa shape index (κ2) is 46.3. The van der Waals surface area contributed by atoms with E-state index in [1.165, 1.54) is 22.3 Å². The van der Waals surface area contributed by atoms with Gasteiger partial charge in [-0.2, -0.15) is 0 Å². The molecule has 0 aliphatic heterocycles. The number of nitrogens with one attached hydrogen (secondary N) is 1. The highest BCUT2D eigenvalue weighted by Gasteiger charge is 2.03. The average Bonchev–Trinajstić information content (AvgIpc) is 3.13. The molecule has 0 atom stereocenters. The fourth-order valence-electron chi connectivity index (χ4n) is 3.32. The Bertz CT molecular complexity index is 816. The van der Waals surface area contributed by atoms with Gasteiger partial charge in [-0.05, 0) is 57.0 Å². The van der Waals surface area contributed by atoms with Crippen molar-refractivity contribution in [3.05, 3.63) is 70.8 Å². The number of benzene rings is 2. The summed E-state index contributed by atoms with van der Waals surface area (Å²) in [6.07, 6.45) is 0. The Labute approximate surface area is 295 Å². The van der Waals surface area contributed by atoms with Crippen molar-refractivity contribution in [2.75, 3.05) is 46.6 Å². The van der Waals surface area contributed by atoms with Crippen molar-refractivity contribution in [2.24, 2.45) is 0 Å². The van der Waals surface area contributed by atoms with Gasteiger partial charge in [0.05, 0.1) is 39.6 Å². The Morgan fingerprint density at radius 3 is 1.21 bits per heavy atom. The van der Waals surface area contributed by atoms with Crippen molar-refractivity contribution in [3.63, 3.8) is 0 Å². The molecule has 0 amide bonds. The Hall–Kier alpha value is -1.80. The summed E-state index contributed by atoms with van der Waals surface area (Å²) in [6, 6.07) is 17.9. The van der Waals surface area contributed by atoms with Crippen LogP contribution >= 0.6 is 0 Å².